The lowest BCUT2D eigenvalue weighted by Gasteiger charge is -2.15. The number of thiocarbonyl (C=S) groups is 1. The van der Waals surface area contributed by atoms with E-state index in [0.717, 1.165) is 5.69 Å². The van der Waals surface area contributed by atoms with Crippen molar-refractivity contribution in [2.75, 3.05) is 19.4 Å². The van der Waals surface area contributed by atoms with Gasteiger partial charge in [-0.2, -0.15) is 8.78 Å². The Kier molecular flexibility index (Phi) is 5.60. The minimum atomic E-state index is -2.40. The first-order chi connectivity index (χ1) is 7.97. The Hall–Kier alpha value is -0.920. The zero-order valence-electron chi connectivity index (χ0n) is 9.41. The Labute approximate surface area is 109 Å². The van der Waals surface area contributed by atoms with Crippen LogP contribution in [0.5, 0.6) is 0 Å². The maximum Gasteiger partial charge on any atom is 0.288 e. The van der Waals surface area contributed by atoms with Crippen molar-refractivity contribution in [3.05, 3.63) is 24.3 Å². The highest BCUT2D eigenvalue weighted by Gasteiger charge is 2.05. The van der Waals surface area contributed by atoms with Gasteiger partial charge in [0.05, 0.1) is 0 Å². The van der Waals surface area contributed by atoms with E-state index in [9.17, 15) is 8.78 Å². The zero-order chi connectivity index (χ0) is 12.8. The lowest BCUT2D eigenvalue weighted by Crippen LogP contribution is -2.38. The van der Waals surface area contributed by atoms with E-state index in [1.165, 1.54) is 0 Å². The SMILES string of the molecule is CN(C)NC(=S)Nc1ccc(SC(F)F)cc1. The monoisotopic (exact) mass is 277 g/mol. The molecular weight excluding hydrogens is 264 g/mol. The molecule has 0 fully saturated rings. The second kappa shape index (κ2) is 6.73. The van der Waals surface area contributed by atoms with Crippen LogP contribution in [0.3, 0.4) is 0 Å². The molecule has 0 radical (unpaired) electrons. The van der Waals surface area contributed by atoms with Crippen LogP contribution in [0.4, 0.5) is 14.5 Å². The molecule has 0 heterocycles. The van der Waals surface area contributed by atoms with Crippen LogP contribution in [0.1, 0.15) is 0 Å². The van der Waals surface area contributed by atoms with Gasteiger partial charge in [-0.05, 0) is 36.5 Å². The number of hydrazine groups is 1. The highest BCUT2D eigenvalue weighted by atomic mass is 32.2. The quantitative estimate of drug-likeness (QED) is 0.501. The van der Waals surface area contributed by atoms with Crippen LogP contribution in [0.25, 0.3) is 0 Å². The van der Waals surface area contributed by atoms with Gasteiger partial charge in [0.1, 0.15) is 0 Å². The second-order valence-electron chi connectivity index (χ2n) is 3.36. The summed E-state index contributed by atoms with van der Waals surface area (Å²) in [6.07, 6.45) is 0. The summed E-state index contributed by atoms with van der Waals surface area (Å²) in [6.45, 7) is 0. The maximum atomic E-state index is 12.1. The maximum absolute atomic E-state index is 12.1. The number of hydrogen-bond acceptors (Lipinski definition) is 3. The lowest BCUT2D eigenvalue weighted by atomic mass is 10.3. The molecule has 17 heavy (non-hydrogen) atoms. The molecule has 0 aliphatic heterocycles. The minimum absolute atomic E-state index is 0.448. The number of halogens is 2. The highest BCUT2D eigenvalue weighted by molar-refractivity contribution is 7.99. The van der Waals surface area contributed by atoms with Crippen molar-refractivity contribution in [2.24, 2.45) is 0 Å². The zero-order valence-corrected chi connectivity index (χ0v) is 11.0. The average molecular weight is 277 g/mol. The van der Waals surface area contributed by atoms with E-state index in [1.807, 2.05) is 14.1 Å². The molecule has 0 atom stereocenters. The number of benzene rings is 1. The van der Waals surface area contributed by atoms with Gasteiger partial charge in [0.2, 0.25) is 0 Å². The summed E-state index contributed by atoms with van der Waals surface area (Å²) >= 11 is 5.54. The molecule has 3 nitrogen and oxygen atoms in total. The van der Waals surface area contributed by atoms with Crippen LogP contribution < -0.4 is 10.7 Å². The first-order valence-corrected chi connectivity index (χ1v) is 6.06. The second-order valence-corrected chi connectivity index (χ2v) is 4.83. The molecule has 94 valence electrons. The molecule has 0 saturated heterocycles. The van der Waals surface area contributed by atoms with Crippen LogP contribution >= 0.6 is 24.0 Å². The molecule has 2 N–H and O–H groups in total. The van der Waals surface area contributed by atoms with E-state index in [1.54, 1.807) is 29.3 Å². The number of anilines is 1. The van der Waals surface area contributed by atoms with E-state index in [2.05, 4.69) is 10.7 Å². The fourth-order valence-corrected chi connectivity index (χ4v) is 1.88. The van der Waals surface area contributed by atoms with Crippen LogP contribution in [-0.2, 0) is 0 Å². The van der Waals surface area contributed by atoms with Gasteiger partial charge in [0.15, 0.2) is 5.11 Å². The average Bonchev–Trinajstić information content (AvgIpc) is 2.18. The van der Waals surface area contributed by atoms with Gasteiger partial charge in [-0.1, -0.05) is 11.8 Å². The number of alkyl halides is 2. The molecule has 0 aliphatic rings. The molecule has 0 bridgehead atoms. The standard InChI is InChI=1S/C10H13F2N3S2/c1-15(2)14-10(16)13-7-3-5-8(6-4-7)17-9(11)12/h3-6,9H,1-2H3,(H2,13,14,16). The molecule has 0 spiro atoms. The molecule has 0 saturated carbocycles. The molecule has 1 aromatic rings. The normalized spacial score (nSPS) is 10.7. The Balaban J connectivity index is 2.53. The Morgan fingerprint density at radius 3 is 2.35 bits per heavy atom. The Morgan fingerprint density at radius 2 is 1.88 bits per heavy atom. The van der Waals surface area contributed by atoms with E-state index in [4.69, 9.17) is 12.2 Å². The van der Waals surface area contributed by atoms with Crippen LogP contribution in [0.2, 0.25) is 0 Å². The minimum Gasteiger partial charge on any atom is -0.332 e. The van der Waals surface area contributed by atoms with Crippen molar-refractivity contribution in [2.45, 2.75) is 10.7 Å². The lowest BCUT2D eigenvalue weighted by molar-refractivity contribution is 0.252. The molecular formula is C10H13F2N3S2. The molecule has 0 amide bonds. The smallest absolute Gasteiger partial charge is 0.288 e. The number of rotatable bonds is 4. The summed E-state index contributed by atoms with van der Waals surface area (Å²) in [5, 5.41) is 5.09. The summed E-state index contributed by atoms with van der Waals surface area (Å²) in [5.41, 5.74) is 3.62. The van der Waals surface area contributed by atoms with Crippen LogP contribution in [0, 0.1) is 0 Å². The third-order valence-corrected chi connectivity index (χ3v) is 2.58. The van der Waals surface area contributed by atoms with Crippen molar-refractivity contribution in [3.8, 4) is 0 Å². The van der Waals surface area contributed by atoms with Crippen molar-refractivity contribution < 1.29 is 8.78 Å². The third kappa shape index (κ3) is 5.81. The Bertz CT molecular complexity index is 368. The number of thioether (sulfide) groups is 1. The molecule has 7 heteroatoms. The first kappa shape index (κ1) is 14.1. The van der Waals surface area contributed by atoms with Gasteiger partial charge in [-0.15, -0.1) is 0 Å². The third-order valence-electron chi connectivity index (χ3n) is 1.66. The molecule has 0 aromatic heterocycles. The molecule has 0 unspecified atom stereocenters. The predicted molar refractivity (Wildman–Crippen MR) is 71.3 cm³/mol. The largest absolute Gasteiger partial charge is 0.332 e. The van der Waals surface area contributed by atoms with Gasteiger partial charge in [-0.25, -0.2) is 5.01 Å². The summed E-state index contributed by atoms with van der Waals surface area (Å²) in [6, 6.07) is 6.65. The number of nitrogens with one attached hydrogen (secondary N) is 2. The number of hydrogen-bond donors (Lipinski definition) is 2. The summed E-state index contributed by atoms with van der Waals surface area (Å²) in [4.78, 5) is 0.525. The Morgan fingerprint density at radius 1 is 1.29 bits per heavy atom. The molecule has 0 aliphatic carbocycles. The van der Waals surface area contributed by atoms with E-state index >= 15 is 0 Å². The topological polar surface area (TPSA) is 27.3 Å². The highest BCUT2D eigenvalue weighted by Crippen LogP contribution is 2.26. The first-order valence-electron chi connectivity index (χ1n) is 4.77. The number of nitrogens with zero attached hydrogens (tertiary/aromatic N) is 1. The van der Waals surface area contributed by atoms with Crippen molar-refractivity contribution in [1.82, 2.24) is 10.4 Å². The predicted octanol–water partition coefficient (Wildman–Crippen LogP) is 2.76. The van der Waals surface area contributed by atoms with Gasteiger partial charge in [0, 0.05) is 24.7 Å². The summed E-state index contributed by atoms with van der Waals surface area (Å²) < 4.78 is 24.2. The van der Waals surface area contributed by atoms with E-state index in [-0.39, 0.29) is 0 Å². The summed E-state index contributed by atoms with van der Waals surface area (Å²) in [5.74, 6) is -2.40. The van der Waals surface area contributed by atoms with E-state index in [0.29, 0.717) is 21.8 Å². The molecule has 1 rings (SSSR count). The van der Waals surface area contributed by atoms with Crippen molar-refractivity contribution in [1.29, 1.82) is 0 Å². The fraction of sp³-hybridized carbons (Fsp3) is 0.300. The van der Waals surface area contributed by atoms with Gasteiger partial charge in [-0.3, -0.25) is 5.43 Å². The van der Waals surface area contributed by atoms with Crippen LogP contribution in [-0.4, -0.2) is 30.0 Å². The van der Waals surface area contributed by atoms with Crippen molar-refractivity contribution in [3.63, 3.8) is 0 Å². The van der Waals surface area contributed by atoms with Gasteiger partial charge in [0.25, 0.3) is 5.76 Å². The van der Waals surface area contributed by atoms with Crippen molar-refractivity contribution >= 4 is 34.8 Å². The summed E-state index contributed by atoms with van der Waals surface area (Å²) in [7, 11) is 3.63. The van der Waals surface area contributed by atoms with Gasteiger partial charge >= 0.3 is 0 Å². The van der Waals surface area contributed by atoms with E-state index < -0.39 is 5.76 Å². The fourth-order valence-electron chi connectivity index (χ4n) is 1.08. The van der Waals surface area contributed by atoms with Crippen LogP contribution in [0.15, 0.2) is 29.2 Å². The van der Waals surface area contributed by atoms with Gasteiger partial charge < -0.3 is 5.32 Å². The molecule has 1 aromatic carbocycles.